The third-order valence-corrected chi connectivity index (χ3v) is 2.66. The maximum Gasteiger partial charge on any atom is 0.199 e. The minimum atomic E-state index is -0.472. The van der Waals surface area contributed by atoms with Crippen molar-refractivity contribution in [3.05, 3.63) is 46.0 Å². The topological polar surface area (TPSA) is 39.1 Å². The van der Waals surface area contributed by atoms with E-state index in [4.69, 9.17) is 0 Å². The Morgan fingerprint density at radius 1 is 1.41 bits per heavy atom. The molecule has 0 aliphatic rings. The summed E-state index contributed by atoms with van der Waals surface area (Å²) in [5, 5.41) is 0.253. The lowest BCUT2D eigenvalue weighted by atomic mass is 10.1. The summed E-state index contributed by atoms with van der Waals surface area (Å²) in [4.78, 5) is 22.7. The number of halogens is 1. The summed E-state index contributed by atoms with van der Waals surface area (Å²) in [6.45, 7) is 2.68. The van der Waals surface area contributed by atoms with Gasteiger partial charge in [-0.1, -0.05) is 6.92 Å². The number of aldehydes is 1. The first-order valence-electron chi connectivity index (χ1n) is 5.45. The van der Waals surface area contributed by atoms with Gasteiger partial charge in [0.05, 0.1) is 11.1 Å². The number of pyridine rings is 1. The van der Waals surface area contributed by atoms with Gasteiger partial charge in [0.15, 0.2) is 11.7 Å². The van der Waals surface area contributed by atoms with Crippen molar-refractivity contribution >= 4 is 17.2 Å². The molecule has 0 spiro atoms. The van der Waals surface area contributed by atoms with Crippen molar-refractivity contribution in [3.8, 4) is 0 Å². The number of benzene rings is 1. The van der Waals surface area contributed by atoms with E-state index < -0.39 is 11.2 Å². The van der Waals surface area contributed by atoms with Crippen LogP contribution >= 0.6 is 0 Å². The number of aryl methyl sites for hydroxylation is 1. The van der Waals surface area contributed by atoms with Crippen LogP contribution in [0.2, 0.25) is 0 Å². The molecule has 0 saturated heterocycles. The number of aromatic nitrogens is 1. The smallest absolute Gasteiger partial charge is 0.199 e. The van der Waals surface area contributed by atoms with Gasteiger partial charge in [-0.15, -0.1) is 0 Å². The van der Waals surface area contributed by atoms with Crippen molar-refractivity contribution in [2.45, 2.75) is 19.9 Å². The summed E-state index contributed by atoms with van der Waals surface area (Å²) in [6, 6.07) is 4.06. The molecule has 1 aromatic carbocycles. The Labute approximate surface area is 97.5 Å². The van der Waals surface area contributed by atoms with Gasteiger partial charge >= 0.3 is 0 Å². The molecular weight excluding hydrogens is 221 g/mol. The highest BCUT2D eigenvalue weighted by atomic mass is 19.1. The van der Waals surface area contributed by atoms with E-state index in [0.717, 1.165) is 6.42 Å². The molecule has 88 valence electrons. The van der Waals surface area contributed by atoms with Crippen molar-refractivity contribution < 1.29 is 9.18 Å². The van der Waals surface area contributed by atoms with E-state index in [9.17, 15) is 14.0 Å². The summed E-state index contributed by atoms with van der Waals surface area (Å²) in [5.74, 6) is -0.472. The Kier molecular flexibility index (Phi) is 3.04. The van der Waals surface area contributed by atoms with E-state index in [1.54, 1.807) is 10.6 Å². The van der Waals surface area contributed by atoms with Crippen molar-refractivity contribution in [2.24, 2.45) is 0 Å². The molecule has 0 bridgehead atoms. The van der Waals surface area contributed by atoms with Crippen LogP contribution in [0.3, 0.4) is 0 Å². The minimum absolute atomic E-state index is 0.0663. The number of hydrogen-bond acceptors (Lipinski definition) is 2. The average Bonchev–Trinajstić information content (AvgIpc) is 2.33. The quantitative estimate of drug-likeness (QED) is 0.763. The summed E-state index contributed by atoms with van der Waals surface area (Å²) < 4.78 is 14.9. The van der Waals surface area contributed by atoms with Gasteiger partial charge in [-0.25, -0.2) is 4.39 Å². The highest BCUT2D eigenvalue weighted by Crippen LogP contribution is 2.13. The Morgan fingerprint density at radius 3 is 2.82 bits per heavy atom. The summed E-state index contributed by atoms with van der Waals surface area (Å²) in [7, 11) is 0. The summed E-state index contributed by atoms with van der Waals surface area (Å²) in [5.41, 5.74) is 0.308. The van der Waals surface area contributed by atoms with E-state index in [2.05, 4.69) is 0 Å². The van der Waals surface area contributed by atoms with Gasteiger partial charge in [0.25, 0.3) is 0 Å². The SMILES string of the molecule is CCCn1cc(C=O)c(=O)c2cc(F)ccc21. The number of nitrogens with zero attached hydrogens (tertiary/aromatic N) is 1. The highest BCUT2D eigenvalue weighted by molar-refractivity contribution is 5.86. The first-order valence-corrected chi connectivity index (χ1v) is 5.45. The maximum atomic E-state index is 13.1. The predicted molar refractivity (Wildman–Crippen MR) is 63.8 cm³/mol. The molecule has 0 radical (unpaired) electrons. The molecule has 0 atom stereocenters. The lowest BCUT2D eigenvalue weighted by molar-refractivity contribution is 0.112. The zero-order valence-electron chi connectivity index (χ0n) is 9.44. The molecule has 0 amide bonds. The first kappa shape index (κ1) is 11.5. The fourth-order valence-corrected chi connectivity index (χ4v) is 1.90. The van der Waals surface area contributed by atoms with Crippen LogP contribution in [-0.2, 0) is 6.54 Å². The third-order valence-electron chi connectivity index (χ3n) is 2.66. The average molecular weight is 233 g/mol. The van der Waals surface area contributed by atoms with Crippen molar-refractivity contribution in [3.63, 3.8) is 0 Å². The molecule has 0 unspecified atom stereocenters. The molecule has 0 N–H and O–H groups in total. The lowest BCUT2D eigenvalue weighted by Gasteiger charge is -2.10. The monoisotopic (exact) mass is 233 g/mol. The van der Waals surface area contributed by atoms with E-state index in [-0.39, 0.29) is 10.9 Å². The molecule has 0 aliphatic heterocycles. The van der Waals surface area contributed by atoms with Gasteiger partial charge in [-0.05, 0) is 24.6 Å². The van der Waals surface area contributed by atoms with E-state index in [1.807, 2.05) is 6.92 Å². The zero-order chi connectivity index (χ0) is 12.4. The van der Waals surface area contributed by atoms with Crippen LogP contribution in [-0.4, -0.2) is 10.9 Å². The second kappa shape index (κ2) is 4.49. The number of carbonyl (C=O) groups excluding carboxylic acids is 1. The normalized spacial score (nSPS) is 10.7. The number of carbonyl (C=O) groups is 1. The molecule has 2 rings (SSSR count). The van der Waals surface area contributed by atoms with Crippen LogP contribution in [0, 0.1) is 5.82 Å². The fraction of sp³-hybridized carbons (Fsp3) is 0.231. The molecule has 0 aliphatic carbocycles. The Morgan fingerprint density at radius 2 is 2.18 bits per heavy atom. The minimum Gasteiger partial charge on any atom is -0.347 e. The van der Waals surface area contributed by atoms with Gasteiger partial charge in [0, 0.05) is 18.1 Å². The predicted octanol–water partition coefficient (Wildman–Crippen LogP) is 2.36. The molecule has 0 fully saturated rings. The number of hydrogen-bond donors (Lipinski definition) is 0. The van der Waals surface area contributed by atoms with Crippen LogP contribution in [0.4, 0.5) is 4.39 Å². The third kappa shape index (κ3) is 1.98. The van der Waals surface area contributed by atoms with Gasteiger partial charge in [0.1, 0.15) is 5.82 Å². The zero-order valence-corrected chi connectivity index (χ0v) is 9.44. The van der Waals surface area contributed by atoms with Crippen LogP contribution in [0.25, 0.3) is 10.9 Å². The molecule has 4 heteroatoms. The first-order chi connectivity index (χ1) is 8.17. The molecular formula is C13H12FNO2. The molecule has 2 aromatic rings. The highest BCUT2D eigenvalue weighted by Gasteiger charge is 2.08. The second-order valence-corrected chi connectivity index (χ2v) is 3.89. The maximum absolute atomic E-state index is 13.1. The molecule has 17 heavy (non-hydrogen) atoms. The fourth-order valence-electron chi connectivity index (χ4n) is 1.90. The van der Waals surface area contributed by atoms with E-state index >= 15 is 0 Å². The van der Waals surface area contributed by atoms with Crippen LogP contribution in [0.5, 0.6) is 0 Å². The molecule has 0 saturated carbocycles. The van der Waals surface area contributed by atoms with Crippen molar-refractivity contribution in [2.75, 3.05) is 0 Å². The Bertz CT molecular complexity index is 631. The van der Waals surface area contributed by atoms with Gasteiger partial charge in [-0.3, -0.25) is 9.59 Å². The Hall–Kier alpha value is -1.97. The van der Waals surface area contributed by atoms with Crippen molar-refractivity contribution in [1.29, 1.82) is 0 Å². The number of fused-ring (bicyclic) bond motifs is 1. The van der Waals surface area contributed by atoms with Crippen LogP contribution in [0.15, 0.2) is 29.2 Å². The van der Waals surface area contributed by atoms with Crippen LogP contribution < -0.4 is 5.43 Å². The molecule has 1 heterocycles. The lowest BCUT2D eigenvalue weighted by Crippen LogP contribution is -2.14. The second-order valence-electron chi connectivity index (χ2n) is 3.89. The largest absolute Gasteiger partial charge is 0.347 e. The van der Waals surface area contributed by atoms with Gasteiger partial charge in [0.2, 0.25) is 0 Å². The molecule has 1 aromatic heterocycles. The number of rotatable bonds is 3. The van der Waals surface area contributed by atoms with E-state index in [0.29, 0.717) is 18.3 Å². The standard InChI is InChI=1S/C13H12FNO2/c1-2-5-15-7-9(8-16)13(17)11-6-10(14)3-4-12(11)15/h3-4,6-8H,2,5H2,1H3. The molecule has 3 nitrogen and oxygen atoms in total. The van der Waals surface area contributed by atoms with E-state index in [1.165, 1.54) is 18.3 Å². The summed E-state index contributed by atoms with van der Waals surface area (Å²) >= 11 is 0. The van der Waals surface area contributed by atoms with Crippen LogP contribution in [0.1, 0.15) is 23.7 Å². The van der Waals surface area contributed by atoms with Crippen molar-refractivity contribution in [1.82, 2.24) is 4.57 Å². The van der Waals surface area contributed by atoms with Gasteiger partial charge in [-0.2, -0.15) is 0 Å². The van der Waals surface area contributed by atoms with Gasteiger partial charge < -0.3 is 4.57 Å². The summed E-state index contributed by atoms with van der Waals surface area (Å²) in [6.07, 6.45) is 2.91. The Balaban J connectivity index is 2.86.